The van der Waals surface area contributed by atoms with E-state index in [2.05, 4.69) is 15.5 Å². The van der Waals surface area contributed by atoms with E-state index >= 15 is 0 Å². The normalized spacial score (nSPS) is 14.1. The number of hydrogen-bond acceptors (Lipinski definition) is 4. The molecule has 2 aromatic carbocycles. The number of amides is 1. The summed E-state index contributed by atoms with van der Waals surface area (Å²) < 4.78 is 8.08. The number of carbonyl (C=O) groups excluding carboxylic acids is 1. The first-order valence-corrected chi connectivity index (χ1v) is 10.3. The molecule has 6 nitrogen and oxygen atoms in total. The number of benzene rings is 2. The van der Waals surface area contributed by atoms with Crippen molar-refractivity contribution in [2.75, 3.05) is 5.32 Å². The second-order valence-electron chi connectivity index (χ2n) is 7.40. The molecule has 1 heterocycles. The van der Waals surface area contributed by atoms with Crippen LogP contribution in [0.2, 0.25) is 0 Å². The van der Waals surface area contributed by atoms with E-state index in [1.165, 1.54) is 12.8 Å². The smallest absolute Gasteiger partial charge is 0.244 e. The van der Waals surface area contributed by atoms with Crippen molar-refractivity contribution in [3.05, 3.63) is 58.9 Å². The van der Waals surface area contributed by atoms with Gasteiger partial charge in [-0.1, -0.05) is 29.8 Å². The Kier molecular flexibility index (Phi) is 5.76. The molecule has 0 unspecified atom stereocenters. The van der Waals surface area contributed by atoms with E-state index in [-0.39, 0.29) is 12.5 Å². The maximum atomic E-state index is 12.6. The number of ether oxygens (including phenoxy) is 1. The SMILES string of the molecule is Cc1ccc(-c2n[nH]c(=S)n2CC(=O)Nc2ccc(OC3CCCC3)cc2)cc1. The van der Waals surface area contributed by atoms with Gasteiger partial charge >= 0.3 is 0 Å². The van der Waals surface area contributed by atoms with Gasteiger partial charge in [-0.3, -0.25) is 14.5 Å². The largest absolute Gasteiger partial charge is 0.490 e. The molecule has 0 radical (unpaired) electrons. The van der Waals surface area contributed by atoms with Gasteiger partial charge in [-0.05, 0) is 69.1 Å². The van der Waals surface area contributed by atoms with Crippen molar-refractivity contribution < 1.29 is 9.53 Å². The highest BCUT2D eigenvalue weighted by Gasteiger charge is 2.16. The Labute approximate surface area is 174 Å². The van der Waals surface area contributed by atoms with Gasteiger partial charge in [-0.25, -0.2) is 0 Å². The van der Waals surface area contributed by atoms with Crippen molar-refractivity contribution in [2.45, 2.75) is 45.3 Å². The van der Waals surface area contributed by atoms with Crippen molar-refractivity contribution in [1.29, 1.82) is 0 Å². The lowest BCUT2D eigenvalue weighted by Crippen LogP contribution is -2.19. The molecule has 1 aliphatic rings. The Hall–Kier alpha value is -2.93. The minimum Gasteiger partial charge on any atom is -0.490 e. The summed E-state index contributed by atoms with van der Waals surface area (Å²) in [4.78, 5) is 12.6. The van der Waals surface area contributed by atoms with E-state index < -0.39 is 0 Å². The van der Waals surface area contributed by atoms with Gasteiger partial charge in [-0.15, -0.1) is 0 Å². The number of aromatic amines is 1. The lowest BCUT2D eigenvalue weighted by atomic mass is 10.1. The van der Waals surface area contributed by atoms with E-state index in [0.29, 0.717) is 16.7 Å². The zero-order valence-electron chi connectivity index (χ0n) is 16.4. The molecule has 2 N–H and O–H groups in total. The molecule has 1 fully saturated rings. The highest BCUT2D eigenvalue weighted by Crippen LogP contribution is 2.25. The molecule has 29 heavy (non-hydrogen) atoms. The van der Waals surface area contributed by atoms with Crippen LogP contribution < -0.4 is 10.1 Å². The number of anilines is 1. The molecule has 150 valence electrons. The maximum Gasteiger partial charge on any atom is 0.244 e. The van der Waals surface area contributed by atoms with Gasteiger partial charge in [0, 0.05) is 11.3 Å². The third-order valence-electron chi connectivity index (χ3n) is 5.11. The first kappa shape index (κ1) is 19.4. The van der Waals surface area contributed by atoms with E-state index in [9.17, 15) is 4.79 Å². The molecule has 0 aliphatic heterocycles. The lowest BCUT2D eigenvalue weighted by Gasteiger charge is -2.13. The highest BCUT2D eigenvalue weighted by atomic mass is 32.1. The molecule has 0 saturated heterocycles. The number of hydrogen-bond donors (Lipinski definition) is 2. The number of carbonyl (C=O) groups is 1. The van der Waals surface area contributed by atoms with Crippen molar-refractivity contribution in [1.82, 2.24) is 14.8 Å². The fourth-order valence-electron chi connectivity index (χ4n) is 3.55. The molecule has 4 rings (SSSR count). The Morgan fingerprint density at radius 2 is 1.86 bits per heavy atom. The van der Waals surface area contributed by atoms with Gasteiger partial charge in [-0.2, -0.15) is 5.10 Å². The van der Waals surface area contributed by atoms with Crippen LogP contribution >= 0.6 is 12.2 Å². The van der Waals surface area contributed by atoms with Gasteiger partial charge in [0.25, 0.3) is 0 Å². The predicted octanol–water partition coefficient (Wildman–Crippen LogP) is 4.88. The number of aryl methyl sites for hydroxylation is 1. The van der Waals surface area contributed by atoms with Gasteiger partial charge in [0.1, 0.15) is 12.3 Å². The number of rotatable bonds is 6. The summed E-state index contributed by atoms with van der Waals surface area (Å²) >= 11 is 5.32. The molecule has 0 atom stereocenters. The average Bonchev–Trinajstić information content (AvgIpc) is 3.35. The van der Waals surface area contributed by atoms with Gasteiger partial charge in [0.2, 0.25) is 5.91 Å². The Morgan fingerprint density at radius 1 is 1.17 bits per heavy atom. The van der Waals surface area contributed by atoms with Crippen molar-refractivity contribution in [3.8, 4) is 17.1 Å². The topological polar surface area (TPSA) is 71.9 Å². The van der Waals surface area contributed by atoms with Crippen LogP contribution in [-0.2, 0) is 11.3 Å². The fourth-order valence-corrected chi connectivity index (χ4v) is 3.74. The maximum absolute atomic E-state index is 12.6. The molecule has 1 aliphatic carbocycles. The predicted molar refractivity (Wildman–Crippen MR) is 116 cm³/mol. The Balaban J connectivity index is 1.41. The summed E-state index contributed by atoms with van der Waals surface area (Å²) in [5.41, 5.74) is 2.79. The molecular weight excluding hydrogens is 384 g/mol. The number of nitrogens with one attached hydrogen (secondary N) is 2. The Morgan fingerprint density at radius 3 is 2.55 bits per heavy atom. The first-order valence-electron chi connectivity index (χ1n) is 9.87. The summed E-state index contributed by atoms with van der Waals surface area (Å²) in [6.45, 7) is 2.11. The van der Waals surface area contributed by atoms with E-state index in [1.807, 2.05) is 55.5 Å². The number of nitrogens with zero attached hydrogens (tertiary/aromatic N) is 2. The van der Waals surface area contributed by atoms with Crippen molar-refractivity contribution >= 4 is 23.8 Å². The van der Waals surface area contributed by atoms with Crippen LogP contribution in [0.15, 0.2) is 48.5 Å². The summed E-state index contributed by atoms with van der Waals surface area (Å²) in [6, 6.07) is 15.5. The van der Waals surface area contributed by atoms with Crippen LogP contribution in [0.25, 0.3) is 11.4 Å². The summed E-state index contributed by atoms with van der Waals surface area (Å²) in [5, 5.41) is 9.98. The quantitative estimate of drug-likeness (QED) is 0.571. The van der Waals surface area contributed by atoms with E-state index in [1.54, 1.807) is 4.57 Å². The summed E-state index contributed by atoms with van der Waals surface area (Å²) in [7, 11) is 0. The molecule has 1 aromatic heterocycles. The standard InChI is InChI=1S/C22H24N4O2S/c1-15-6-8-16(9-7-15)21-24-25-22(29)26(21)14-20(27)23-17-10-12-19(13-11-17)28-18-4-2-3-5-18/h6-13,18H,2-5,14H2,1H3,(H,23,27)(H,25,29). The van der Waals surface area contributed by atoms with Crippen LogP contribution in [0.5, 0.6) is 5.75 Å². The first-order chi connectivity index (χ1) is 14.1. The second kappa shape index (κ2) is 8.61. The molecular formula is C22H24N4O2S. The molecule has 1 saturated carbocycles. The summed E-state index contributed by atoms with van der Waals surface area (Å²) in [5.74, 6) is 1.32. The molecule has 0 spiro atoms. The van der Waals surface area contributed by atoms with Gasteiger partial charge in [0.15, 0.2) is 10.6 Å². The third kappa shape index (κ3) is 4.74. The minimum absolute atomic E-state index is 0.0822. The van der Waals surface area contributed by atoms with Gasteiger partial charge in [0.05, 0.1) is 6.10 Å². The van der Waals surface area contributed by atoms with E-state index in [0.717, 1.165) is 35.4 Å². The van der Waals surface area contributed by atoms with Crippen LogP contribution in [0.3, 0.4) is 0 Å². The number of H-pyrrole nitrogens is 1. The molecule has 0 bridgehead atoms. The fraction of sp³-hybridized carbons (Fsp3) is 0.318. The van der Waals surface area contributed by atoms with Gasteiger partial charge < -0.3 is 10.1 Å². The average molecular weight is 409 g/mol. The van der Waals surface area contributed by atoms with Crippen LogP contribution in [0, 0.1) is 11.7 Å². The molecule has 7 heteroatoms. The van der Waals surface area contributed by atoms with Crippen LogP contribution in [0.1, 0.15) is 31.2 Å². The highest BCUT2D eigenvalue weighted by molar-refractivity contribution is 7.71. The minimum atomic E-state index is -0.166. The van der Waals surface area contributed by atoms with Crippen LogP contribution in [-0.4, -0.2) is 26.8 Å². The zero-order chi connectivity index (χ0) is 20.2. The third-order valence-corrected chi connectivity index (χ3v) is 5.42. The Bertz CT molecular complexity index is 1030. The molecule has 3 aromatic rings. The summed E-state index contributed by atoms with van der Waals surface area (Å²) in [6.07, 6.45) is 5.03. The number of aromatic nitrogens is 3. The monoisotopic (exact) mass is 408 g/mol. The molecule has 1 amide bonds. The van der Waals surface area contributed by atoms with Crippen molar-refractivity contribution in [3.63, 3.8) is 0 Å². The zero-order valence-corrected chi connectivity index (χ0v) is 17.2. The van der Waals surface area contributed by atoms with E-state index in [4.69, 9.17) is 17.0 Å². The lowest BCUT2D eigenvalue weighted by molar-refractivity contribution is -0.116. The van der Waals surface area contributed by atoms with Crippen LogP contribution in [0.4, 0.5) is 5.69 Å². The van der Waals surface area contributed by atoms with Crippen molar-refractivity contribution in [2.24, 2.45) is 0 Å². The second-order valence-corrected chi connectivity index (χ2v) is 7.79.